The molecule has 4 heteroatoms. The van der Waals surface area contributed by atoms with E-state index in [9.17, 15) is 9.90 Å². The molecule has 0 aliphatic rings. The normalized spacial score (nSPS) is 12.1. The van der Waals surface area contributed by atoms with Gasteiger partial charge >= 0.3 is 6.09 Å². The van der Waals surface area contributed by atoms with Gasteiger partial charge in [0, 0.05) is 25.1 Å². The standard InChI is InChI=1S/C17H27NO3/c1-16(2,3)21-15(20)18(12-17(4,5)13-19)11-14-9-7-6-8-10-14/h6-10,19H,11-13H2,1-5H3. The quantitative estimate of drug-likeness (QED) is 0.904. The van der Waals surface area contributed by atoms with Crippen LogP contribution >= 0.6 is 0 Å². The molecule has 4 nitrogen and oxygen atoms in total. The lowest BCUT2D eigenvalue weighted by Crippen LogP contribution is -2.42. The summed E-state index contributed by atoms with van der Waals surface area (Å²) in [4.78, 5) is 14.0. The highest BCUT2D eigenvalue weighted by Gasteiger charge is 2.28. The fourth-order valence-corrected chi connectivity index (χ4v) is 1.88. The van der Waals surface area contributed by atoms with Crippen LogP contribution in [0.1, 0.15) is 40.2 Å². The van der Waals surface area contributed by atoms with Gasteiger partial charge in [0.1, 0.15) is 5.60 Å². The van der Waals surface area contributed by atoms with Crippen molar-refractivity contribution in [2.75, 3.05) is 13.2 Å². The van der Waals surface area contributed by atoms with Gasteiger partial charge in [0.2, 0.25) is 0 Å². The number of rotatable bonds is 5. The minimum absolute atomic E-state index is 0.0150. The van der Waals surface area contributed by atoms with E-state index in [2.05, 4.69) is 0 Å². The number of amides is 1. The van der Waals surface area contributed by atoms with E-state index in [0.29, 0.717) is 13.1 Å². The number of nitrogens with zero attached hydrogens (tertiary/aromatic N) is 1. The maximum Gasteiger partial charge on any atom is 0.410 e. The maximum absolute atomic E-state index is 12.4. The minimum atomic E-state index is -0.532. The molecule has 0 heterocycles. The van der Waals surface area contributed by atoms with Gasteiger partial charge in [-0.2, -0.15) is 0 Å². The Balaban J connectivity index is 2.86. The Morgan fingerprint density at radius 3 is 2.19 bits per heavy atom. The van der Waals surface area contributed by atoms with E-state index < -0.39 is 5.60 Å². The van der Waals surface area contributed by atoms with E-state index in [-0.39, 0.29) is 18.1 Å². The van der Waals surface area contributed by atoms with Crippen molar-refractivity contribution in [3.63, 3.8) is 0 Å². The summed E-state index contributed by atoms with van der Waals surface area (Å²) in [5.41, 5.74) is 0.137. The topological polar surface area (TPSA) is 49.8 Å². The Kier molecular flexibility index (Phi) is 5.78. The smallest absolute Gasteiger partial charge is 0.410 e. The van der Waals surface area contributed by atoms with Crippen LogP contribution in [0.3, 0.4) is 0 Å². The summed E-state index contributed by atoms with van der Waals surface area (Å²) in [6.07, 6.45) is -0.354. The lowest BCUT2D eigenvalue weighted by atomic mass is 9.94. The van der Waals surface area contributed by atoms with Crippen LogP contribution in [0.4, 0.5) is 4.79 Å². The second-order valence-electron chi connectivity index (χ2n) is 7.14. The van der Waals surface area contributed by atoms with Crippen molar-refractivity contribution in [1.29, 1.82) is 0 Å². The largest absolute Gasteiger partial charge is 0.444 e. The minimum Gasteiger partial charge on any atom is -0.444 e. The molecule has 0 aromatic heterocycles. The monoisotopic (exact) mass is 293 g/mol. The summed E-state index contributed by atoms with van der Waals surface area (Å²) in [6, 6.07) is 9.78. The third-order valence-corrected chi connectivity index (χ3v) is 2.91. The molecule has 0 unspecified atom stereocenters. The Morgan fingerprint density at radius 2 is 1.71 bits per heavy atom. The van der Waals surface area contributed by atoms with Gasteiger partial charge in [-0.1, -0.05) is 44.2 Å². The van der Waals surface area contributed by atoms with Gasteiger partial charge in [-0.05, 0) is 26.3 Å². The second kappa shape index (κ2) is 6.94. The fraction of sp³-hybridized carbons (Fsp3) is 0.588. The third-order valence-electron chi connectivity index (χ3n) is 2.91. The zero-order valence-corrected chi connectivity index (χ0v) is 13.7. The zero-order chi connectivity index (χ0) is 16.1. The van der Waals surface area contributed by atoms with Crippen LogP contribution in [0.25, 0.3) is 0 Å². The Hall–Kier alpha value is -1.55. The van der Waals surface area contributed by atoms with Crippen LogP contribution in [0.5, 0.6) is 0 Å². The fourth-order valence-electron chi connectivity index (χ4n) is 1.88. The first-order valence-electron chi connectivity index (χ1n) is 7.26. The van der Waals surface area contributed by atoms with Crippen molar-refractivity contribution in [3.8, 4) is 0 Å². The number of hydrogen-bond donors (Lipinski definition) is 1. The van der Waals surface area contributed by atoms with E-state index in [1.54, 1.807) is 4.90 Å². The summed E-state index contributed by atoms with van der Waals surface area (Å²) in [5.74, 6) is 0. The number of benzene rings is 1. The predicted octanol–water partition coefficient (Wildman–Crippen LogP) is 3.44. The second-order valence-corrected chi connectivity index (χ2v) is 7.14. The van der Waals surface area contributed by atoms with Crippen molar-refractivity contribution in [2.45, 2.75) is 46.8 Å². The van der Waals surface area contributed by atoms with Gasteiger partial charge in [0.05, 0.1) is 0 Å². The van der Waals surface area contributed by atoms with Gasteiger partial charge in [-0.25, -0.2) is 4.79 Å². The van der Waals surface area contributed by atoms with Crippen molar-refractivity contribution >= 4 is 6.09 Å². The summed E-state index contributed by atoms with van der Waals surface area (Å²) < 4.78 is 5.47. The number of aliphatic hydroxyl groups excluding tert-OH is 1. The number of ether oxygens (including phenoxy) is 1. The number of carbonyl (C=O) groups is 1. The summed E-state index contributed by atoms with van der Waals surface area (Å²) in [6.45, 7) is 10.3. The number of carbonyl (C=O) groups excluding carboxylic acids is 1. The SMILES string of the molecule is CC(C)(CO)CN(Cc1ccccc1)C(=O)OC(C)(C)C. The molecule has 1 aromatic carbocycles. The maximum atomic E-state index is 12.4. The van der Waals surface area contributed by atoms with E-state index in [1.807, 2.05) is 65.0 Å². The molecule has 0 saturated heterocycles. The van der Waals surface area contributed by atoms with Gasteiger partial charge in [0.15, 0.2) is 0 Å². The molecule has 1 rings (SSSR count). The molecular weight excluding hydrogens is 266 g/mol. The molecule has 0 spiro atoms. The summed E-state index contributed by atoms with van der Waals surface area (Å²) in [5, 5.41) is 9.44. The zero-order valence-electron chi connectivity index (χ0n) is 13.7. The highest BCUT2D eigenvalue weighted by atomic mass is 16.6. The molecule has 1 aromatic rings. The Bertz CT molecular complexity index is 449. The number of aliphatic hydroxyl groups is 1. The highest BCUT2D eigenvalue weighted by molar-refractivity contribution is 5.68. The summed E-state index contributed by atoms with van der Waals surface area (Å²) >= 11 is 0. The van der Waals surface area contributed by atoms with Gasteiger partial charge in [0.25, 0.3) is 0 Å². The average Bonchev–Trinajstić information content (AvgIpc) is 2.37. The molecule has 0 saturated carbocycles. The molecule has 0 atom stereocenters. The van der Waals surface area contributed by atoms with Crippen LogP contribution in [0, 0.1) is 5.41 Å². The van der Waals surface area contributed by atoms with Gasteiger partial charge in [-0.15, -0.1) is 0 Å². The van der Waals surface area contributed by atoms with Crippen LogP contribution in [0.15, 0.2) is 30.3 Å². The van der Waals surface area contributed by atoms with Crippen molar-refractivity contribution in [1.82, 2.24) is 4.90 Å². The Morgan fingerprint density at radius 1 is 1.14 bits per heavy atom. The van der Waals surface area contributed by atoms with Crippen LogP contribution in [0.2, 0.25) is 0 Å². The van der Waals surface area contributed by atoms with E-state index in [0.717, 1.165) is 5.56 Å². The molecule has 0 radical (unpaired) electrons. The van der Waals surface area contributed by atoms with Crippen LogP contribution in [-0.4, -0.2) is 34.9 Å². The van der Waals surface area contributed by atoms with Crippen molar-refractivity contribution in [2.24, 2.45) is 5.41 Å². The predicted molar refractivity (Wildman–Crippen MR) is 84.0 cm³/mol. The Labute approximate surface area is 127 Å². The molecule has 0 aliphatic heterocycles. The van der Waals surface area contributed by atoms with E-state index >= 15 is 0 Å². The van der Waals surface area contributed by atoms with Gasteiger partial charge in [-0.3, -0.25) is 0 Å². The van der Waals surface area contributed by atoms with E-state index in [1.165, 1.54) is 0 Å². The number of hydrogen-bond acceptors (Lipinski definition) is 3. The molecular formula is C17H27NO3. The van der Waals surface area contributed by atoms with Crippen molar-refractivity contribution < 1.29 is 14.6 Å². The highest BCUT2D eigenvalue weighted by Crippen LogP contribution is 2.20. The molecule has 118 valence electrons. The first kappa shape index (κ1) is 17.5. The van der Waals surface area contributed by atoms with Gasteiger partial charge < -0.3 is 14.7 Å². The molecule has 0 aliphatic carbocycles. The van der Waals surface area contributed by atoms with Crippen LogP contribution < -0.4 is 0 Å². The molecule has 0 bridgehead atoms. The van der Waals surface area contributed by atoms with Crippen LogP contribution in [-0.2, 0) is 11.3 Å². The first-order chi connectivity index (χ1) is 9.63. The molecule has 0 fully saturated rings. The molecule has 1 N–H and O–H groups in total. The average molecular weight is 293 g/mol. The molecule has 21 heavy (non-hydrogen) atoms. The first-order valence-corrected chi connectivity index (χ1v) is 7.26. The lowest BCUT2D eigenvalue weighted by Gasteiger charge is -2.33. The van der Waals surface area contributed by atoms with E-state index in [4.69, 9.17) is 4.74 Å². The molecule has 1 amide bonds. The third kappa shape index (κ3) is 6.63. The lowest BCUT2D eigenvalue weighted by molar-refractivity contribution is 0.0109. The van der Waals surface area contributed by atoms with Crippen molar-refractivity contribution in [3.05, 3.63) is 35.9 Å². The summed E-state index contributed by atoms with van der Waals surface area (Å²) in [7, 11) is 0.